The Bertz CT molecular complexity index is 222. The zero-order chi connectivity index (χ0) is 11.5. The van der Waals surface area contributed by atoms with E-state index < -0.39 is 0 Å². The first-order valence-corrected chi connectivity index (χ1v) is 6.74. The van der Waals surface area contributed by atoms with Gasteiger partial charge < -0.3 is 10.1 Å². The minimum Gasteiger partial charge on any atom is -0.376 e. The summed E-state index contributed by atoms with van der Waals surface area (Å²) in [5, 5.41) is 3.53. The molecule has 0 radical (unpaired) electrons. The molecule has 2 saturated heterocycles. The van der Waals surface area contributed by atoms with Crippen LogP contribution in [-0.4, -0.2) is 49.3 Å². The van der Waals surface area contributed by atoms with Crippen LogP contribution in [0.25, 0.3) is 0 Å². The second-order valence-electron chi connectivity index (χ2n) is 5.69. The van der Waals surface area contributed by atoms with Crippen LogP contribution in [0, 0.1) is 5.92 Å². The van der Waals surface area contributed by atoms with E-state index in [2.05, 4.69) is 31.0 Å². The van der Waals surface area contributed by atoms with E-state index in [4.69, 9.17) is 4.74 Å². The lowest BCUT2D eigenvalue weighted by atomic mass is 9.92. The van der Waals surface area contributed by atoms with Crippen LogP contribution in [0.1, 0.15) is 33.6 Å². The Hall–Kier alpha value is -0.120. The molecule has 2 fully saturated rings. The topological polar surface area (TPSA) is 24.5 Å². The molecule has 1 N–H and O–H groups in total. The predicted molar refractivity (Wildman–Crippen MR) is 66.6 cm³/mol. The molecule has 16 heavy (non-hydrogen) atoms. The van der Waals surface area contributed by atoms with Crippen LogP contribution in [0.15, 0.2) is 0 Å². The smallest absolute Gasteiger partial charge is 0.0674 e. The molecule has 4 unspecified atom stereocenters. The van der Waals surface area contributed by atoms with E-state index in [-0.39, 0.29) is 0 Å². The molecule has 0 aromatic rings. The SMILES string of the molecule is CC1CC(CN2CC(C)OCC2C)CCN1. The quantitative estimate of drug-likeness (QED) is 0.772. The average Bonchev–Trinajstić information content (AvgIpc) is 2.24. The Morgan fingerprint density at radius 2 is 2.12 bits per heavy atom. The first-order valence-electron chi connectivity index (χ1n) is 6.74. The molecule has 4 atom stereocenters. The molecule has 2 aliphatic heterocycles. The molecular formula is C13H26N2O. The van der Waals surface area contributed by atoms with E-state index in [0.29, 0.717) is 18.2 Å². The number of rotatable bonds is 2. The van der Waals surface area contributed by atoms with E-state index in [1.165, 1.54) is 25.9 Å². The molecule has 94 valence electrons. The van der Waals surface area contributed by atoms with Gasteiger partial charge in [-0.25, -0.2) is 0 Å². The summed E-state index contributed by atoms with van der Waals surface area (Å²) in [7, 11) is 0. The second-order valence-corrected chi connectivity index (χ2v) is 5.69. The zero-order valence-electron chi connectivity index (χ0n) is 10.9. The van der Waals surface area contributed by atoms with Gasteiger partial charge in [-0.2, -0.15) is 0 Å². The molecular weight excluding hydrogens is 200 g/mol. The highest BCUT2D eigenvalue weighted by Crippen LogP contribution is 2.20. The summed E-state index contributed by atoms with van der Waals surface area (Å²) in [6, 6.07) is 1.30. The molecule has 2 rings (SSSR count). The minimum absolute atomic E-state index is 0.412. The number of morpholine rings is 1. The number of ether oxygens (including phenoxy) is 1. The van der Waals surface area contributed by atoms with Crippen LogP contribution in [0.4, 0.5) is 0 Å². The predicted octanol–water partition coefficient (Wildman–Crippen LogP) is 1.48. The summed E-state index contributed by atoms with van der Waals surface area (Å²) in [6.07, 6.45) is 3.08. The second kappa shape index (κ2) is 5.48. The van der Waals surface area contributed by atoms with Crippen LogP contribution in [-0.2, 0) is 4.74 Å². The molecule has 0 amide bonds. The fourth-order valence-electron chi connectivity index (χ4n) is 2.96. The monoisotopic (exact) mass is 226 g/mol. The first-order chi connectivity index (χ1) is 7.65. The number of nitrogens with zero attached hydrogens (tertiary/aromatic N) is 1. The van der Waals surface area contributed by atoms with Crippen LogP contribution in [0.3, 0.4) is 0 Å². The van der Waals surface area contributed by atoms with Crippen LogP contribution in [0.5, 0.6) is 0 Å². The standard InChI is InChI=1S/C13H26N2O/c1-10-6-13(4-5-14-10)8-15-7-12(3)16-9-11(15)2/h10-14H,4-9H2,1-3H3. The molecule has 0 aromatic carbocycles. The fourth-order valence-corrected chi connectivity index (χ4v) is 2.96. The maximum atomic E-state index is 5.68. The molecule has 3 heteroatoms. The lowest BCUT2D eigenvalue weighted by molar-refractivity contribution is -0.0558. The molecule has 2 heterocycles. The summed E-state index contributed by atoms with van der Waals surface area (Å²) in [4.78, 5) is 2.62. The summed E-state index contributed by atoms with van der Waals surface area (Å²) in [5.74, 6) is 0.879. The van der Waals surface area contributed by atoms with Crippen LogP contribution >= 0.6 is 0 Å². The Balaban J connectivity index is 1.82. The van der Waals surface area contributed by atoms with Gasteiger partial charge in [0, 0.05) is 25.2 Å². The van der Waals surface area contributed by atoms with E-state index in [1.54, 1.807) is 0 Å². The number of nitrogens with one attached hydrogen (secondary N) is 1. The first kappa shape index (κ1) is 12.3. The fraction of sp³-hybridized carbons (Fsp3) is 1.00. The zero-order valence-corrected chi connectivity index (χ0v) is 10.9. The third-order valence-electron chi connectivity index (χ3n) is 3.96. The van der Waals surface area contributed by atoms with Gasteiger partial charge >= 0.3 is 0 Å². The van der Waals surface area contributed by atoms with E-state index in [9.17, 15) is 0 Å². The summed E-state index contributed by atoms with van der Waals surface area (Å²) >= 11 is 0. The lowest BCUT2D eigenvalue weighted by Crippen LogP contribution is -2.50. The van der Waals surface area contributed by atoms with Gasteiger partial charge in [-0.05, 0) is 46.1 Å². The molecule has 3 nitrogen and oxygen atoms in total. The highest BCUT2D eigenvalue weighted by molar-refractivity contribution is 4.82. The number of hydrogen-bond acceptors (Lipinski definition) is 3. The maximum absolute atomic E-state index is 5.68. The molecule has 0 aliphatic carbocycles. The number of piperidine rings is 1. The van der Waals surface area contributed by atoms with Gasteiger partial charge in [0.25, 0.3) is 0 Å². The molecule has 2 aliphatic rings. The van der Waals surface area contributed by atoms with E-state index in [0.717, 1.165) is 19.1 Å². The highest BCUT2D eigenvalue weighted by atomic mass is 16.5. The minimum atomic E-state index is 0.412. The van der Waals surface area contributed by atoms with Gasteiger partial charge in [-0.3, -0.25) is 4.90 Å². The Morgan fingerprint density at radius 1 is 1.31 bits per heavy atom. The van der Waals surface area contributed by atoms with Crippen molar-refractivity contribution in [2.45, 2.75) is 51.8 Å². The molecule has 0 bridgehead atoms. The molecule has 0 spiro atoms. The summed E-state index contributed by atoms with van der Waals surface area (Å²) < 4.78 is 5.68. The lowest BCUT2D eigenvalue weighted by Gasteiger charge is -2.40. The number of hydrogen-bond donors (Lipinski definition) is 1. The van der Waals surface area contributed by atoms with Crippen molar-refractivity contribution in [1.82, 2.24) is 10.2 Å². The Kier molecular flexibility index (Phi) is 4.22. The van der Waals surface area contributed by atoms with Gasteiger partial charge in [-0.15, -0.1) is 0 Å². The van der Waals surface area contributed by atoms with Crippen molar-refractivity contribution in [1.29, 1.82) is 0 Å². The molecule has 0 aromatic heterocycles. The van der Waals surface area contributed by atoms with E-state index in [1.807, 2.05) is 0 Å². The van der Waals surface area contributed by atoms with Crippen LogP contribution in [0.2, 0.25) is 0 Å². The van der Waals surface area contributed by atoms with Gasteiger partial charge in [0.15, 0.2) is 0 Å². The van der Waals surface area contributed by atoms with Crippen molar-refractivity contribution >= 4 is 0 Å². The third kappa shape index (κ3) is 3.19. The van der Waals surface area contributed by atoms with Crippen LogP contribution < -0.4 is 5.32 Å². The van der Waals surface area contributed by atoms with Gasteiger partial charge in [0.2, 0.25) is 0 Å². The van der Waals surface area contributed by atoms with Gasteiger partial charge in [0.05, 0.1) is 12.7 Å². The Labute approximate surface area is 99.5 Å². The highest BCUT2D eigenvalue weighted by Gasteiger charge is 2.27. The van der Waals surface area contributed by atoms with E-state index >= 15 is 0 Å². The summed E-state index contributed by atoms with van der Waals surface area (Å²) in [6.45, 7) is 11.3. The van der Waals surface area contributed by atoms with Crippen molar-refractivity contribution in [2.24, 2.45) is 5.92 Å². The normalized spacial score (nSPS) is 42.2. The maximum Gasteiger partial charge on any atom is 0.0674 e. The van der Waals surface area contributed by atoms with Crippen molar-refractivity contribution in [3.8, 4) is 0 Å². The van der Waals surface area contributed by atoms with Crippen molar-refractivity contribution in [3.05, 3.63) is 0 Å². The Morgan fingerprint density at radius 3 is 2.88 bits per heavy atom. The van der Waals surface area contributed by atoms with Gasteiger partial charge in [0.1, 0.15) is 0 Å². The largest absolute Gasteiger partial charge is 0.376 e. The third-order valence-corrected chi connectivity index (χ3v) is 3.96. The average molecular weight is 226 g/mol. The van der Waals surface area contributed by atoms with Crippen molar-refractivity contribution < 1.29 is 4.74 Å². The van der Waals surface area contributed by atoms with Crippen molar-refractivity contribution in [3.63, 3.8) is 0 Å². The van der Waals surface area contributed by atoms with Crippen molar-refractivity contribution in [2.75, 3.05) is 26.2 Å². The van der Waals surface area contributed by atoms with Gasteiger partial charge in [-0.1, -0.05) is 0 Å². The molecule has 0 saturated carbocycles. The summed E-state index contributed by atoms with van der Waals surface area (Å²) in [5.41, 5.74) is 0.